The van der Waals surface area contributed by atoms with E-state index in [2.05, 4.69) is 5.32 Å². The van der Waals surface area contributed by atoms with Crippen LogP contribution in [0.2, 0.25) is 0 Å². The Bertz CT molecular complexity index is 528. The highest BCUT2D eigenvalue weighted by Crippen LogP contribution is 2.26. The second-order valence-corrected chi connectivity index (χ2v) is 7.38. The number of benzene rings is 1. The first kappa shape index (κ1) is 14.3. The molecule has 2 rings (SSSR count). The Morgan fingerprint density at radius 2 is 2.05 bits per heavy atom. The third kappa shape index (κ3) is 3.28. The van der Waals surface area contributed by atoms with Gasteiger partial charge < -0.3 is 11.1 Å². The average molecular weight is 282 g/mol. The summed E-state index contributed by atoms with van der Waals surface area (Å²) >= 11 is 0. The van der Waals surface area contributed by atoms with Crippen molar-refractivity contribution in [3.8, 4) is 0 Å². The van der Waals surface area contributed by atoms with Gasteiger partial charge in [0.1, 0.15) is 0 Å². The Hall–Kier alpha value is -1.07. The van der Waals surface area contributed by atoms with Gasteiger partial charge in [0.25, 0.3) is 0 Å². The second kappa shape index (κ2) is 5.92. The van der Waals surface area contributed by atoms with Crippen LogP contribution in [0, 0.1) is 5.92 Å². The molecule has 5 heteroatoms. The molecule has 0 aromatic heterocycles. The minimum Gasteiger partial charge on any atom is -0.384 e. The number of nitrogens with one attached hydrogen (secondary N) is 1. The van der Waals surface area contributed by atoms with Crippen molar-refractivity contribution in [1.82, 2.24) is 0 Å². The molecule has 0 bridgehead atoms. The smallest absolute Gasteiger partial charge is 0.180 e. The SMILES string of the molecule is CCS(=O)(=O)c1ccccc1NCC1CCCC1N. The summed E-state index contributed by atoms with van der Waals surface area (Å²) in [5.41, 5.74) is 6.73. The largest absolute Gasteiger partial charge is 0.384 e. The predicted octanol–water partition coefficient (Wildman–Crippen LogP) is 2.02. The van der Waals surface area contributed by atoms with Crippen molar-refractivity contribution in [3.63, 3.8) is 0 Å². The maximum absolute atomic E-state index is 12.0. The lowest BCUT2D eigenvalue weighted by atomic mass is 10.0. The number of rotatable bonds is 5. The van der Waals surface area contributed by atoms with Crippen molar-refractivity contribution in [2.24, 2.45) is 11.7 Å². The van der Waals surface area contributed by atoms with E-state index in [0.717, 1.165) is 19.4 Å². The van der Waals surface area contributed by atoms with E-state index in [-0.39, 0.29) is 11.8 Å². The lowest BCUT2D eigenvalue weighted by Crippen LogP contribution is -2.29. The molecule has 1 aromatic rings. The van der Waals surface area contributed by atoms with Crippen LogP contribution in [0.15, 0.2) is 29.2 Å². The third-order valence-corrected chi connectivity index (χ3v) is 5.66. The molecule has 1 aliphatic rings. The van der Waals surface area contributed by atoms with Crippen LogP contribution in [0.1, 0.15) is 26.2 Å². The summed E-state index contributed by atoms with van der Waals surface area (Å²) in [6, 6.07) is 7.33. The molecule has 0 saturated heterocycles. The van der Waals surface area contributed by atoms with Crippen molar-refractivity contribution in [2.75, 3.05) is 17.6 Å². The molecular weight excluding hydrogens is 260 g/mol. The highest BCUT2D eigenvalue weighted by atomic mass is 32.2. The standard InChI is InChI=1S/C14H22N2O2S/c1-2-19(17,18)14-9-4-3-8-13(14)16-10-11-6-5-7-12(11)15/h3-4,8-9,11-12,16H,2,5-7,10,15H2,1H3. The van der Waals surface area contributed by atoms with E-state index >= 15 is 0 Å². The van der Waals surface area contributed by atoms with Gasteiger partial charge in [-0.2, -0.15) is 0 Å². The normalized spacial score (nSPS) is 23.5. The highest BCUT2D eigenvalue weighted by molar-refractivity contribution is 7.91. The predicted molar refractivity (Wildman–Crippen MR) is 78.0 cm³/mol. The molecule has 1 fully saturated rings. The molecule has 3 N–H and O–H groups in total. The molecule has 2 unspecified atom stereocenters. The van der Waals surface area contributed by atoms with Gasteiger partial charge in [-0.1, -0.05) is 25.5 Å². The summed E-state index contributed by atoms with van der Waals surface area (Å²) in [6.45, 7) is 2.41. The molecule has 1 saturated carbocycles. The second-order valence-electron chi connectivity index (χ2n) is 5.14. The van der Waals surface area contributed by atoms with Gasteiger partial charge in [-0.15, -0.1) is 0 Å². The van der Waals surface area contributed by atoms with Crippen LogP contribution in [0.5, 0.6) is 0 Å². The third-order valence-electron chi connectivity index (χ3n) is 3.87. The van der Waals surface area contributed by atoms with Crippen LogP contribution >= 0.6 is 0 Å². The van der Waals surface area contributed by atoms with E-state index in [0.29, 0.717) is 16.5 Å². The van der Waals surface area contributed by atoms with E-state index < -0.39 is 9.84 Å². The van der Waals surface area contributed by atoms with Gasteiger partial charge in [0, 0.05) is 12.6 Å². The molecule has 0 heterocycles. The minimum absolute atomic E-state index is 0.120. The Kier molecular flexibility index (Phi) is 4.47. The fraction of sp³-hybridized carbons (Fsp3) is 0.571. The zero-order valence-electron chi connectivity index (χ0n) is 11.3. The molecule has 1 aromatic carbocycles. The van der Waals surface area contributed by atoms with Crippen LogP contribution in [0.3, 0.4) is 0 Å². The van der Waals surface area contributed by atoms with Gasteiger partial charge in [-0.3, -0.25) is 0 Å². The van der Waals surface area contributed by atoms with Crippen molar-refractivity contribution < 1.29 is 8.42 Å². The zero-order chi connectivity index (χ0) is 13.9. The first-order chi connectivity index (χ1) is 9.04. The summed E-state index contributed by atoms with van der Waals surface area (Å²) in [5.74, 6) is 0.562. The van der Waals surface area contributed by atoms with E-state index in [1.807, 2.05) is 12.1 Å². The molecule has 2 atom stereocenters. The van der Waals surface area contributed by atoms with Crippen LogP contribution in [-0.2, 0) is 9.84 Å². The van der Waals surface area contributed by atoms with Crippen molar-refractivity contribution in [3.05, 3.63) is 24.3 Å². The Morgan fingerprint density at radius 1 is 1.32 bits per heavy atom. The Labute approximate surface area is 115 Å². The van der Waals surface area contributed by atoms with E-state index in [1.165, 1.54) is 6.42 Å². The summed E-state index contributed by atoms with van der Waals surface area (Å²) in [4.78, 5) is 0.393. The van der Waals surface area contributed by atoms with Crippen molar-refractivity contribution in [2.45, 2.75) is 37.1 Å². The van der Waals surface area contributed by atoms with Crippen LogP contribution in [0.25, 0.3) is 0 Å². The molecule has 19 heavy (non-hydrogen) atoms. The molecule has 0 spiro atoms. The topological polar surface area (TPSA) is 72.2 Å². The van der Waals surface area contributed by atoms with Gasteiger partial charge in [0.2, 0.25) is 0 Å². The van der Waals surface area contributed by atoms with E-state index in [1.54, 1.807) is 19.1 Å². The molecule has 106 valence electrons. The maximum Gasteiger partial charge on any atom is 0.180 e. The van der Waals surface area contributed by atoms with Gasteiger partial charge in [0.15, 0.2) is 9.84 Å². The number of nitrogens with two attached hydrogens (primary N) is 1. The molecule has 4 nitrogen and oxygen atoms in total. The quantitative estimate of drug-likeness (QED) is 0.866. The van der Waals surface area contributed by atoms with Crippen LogP contribution in [0.4, 0.5) is 5.69 Å². The first-order valence-corrected chi connectivity index (χ1v) is 8.51. The molecule has 0 aliphatic heterocycles. The number of hydrogen-bond acceptors (Lipinski definition) is 4. The van der Waals surface area contributed by atoms with Crippen molar-refractivity contribution in [1.29, 1.82) is 0 Å². The number of hydrogen-bond donors (Lipinski definition) is 2. The Morgan fingerprint density at radius 3 is 2.68 bits per heavy atom. The maximum atomic E-state index is 12.0. The van der Waals surface area contributed by atoms with Gasteiger partial charge in [-0.25, -0.2) is 8.42 Å². The molecule has 0 radical (unpaired) electrons. The number of para-hydroxylation sites is 1. The lowest BCUT2D eigenvalue weighted by molar-refractivity contribution is 0.505. The summed E-state index contributed by atoms with van der Waals surface area (Å²) < 4.78 is 24.0. The fourth-order valence-electron chi connectivity index (χ4n) is 2.60. The lowest BCUT2D eigenvalue weighted by Gasteiger charge is -2.18. The van der Waals surface area contributed by atoms with Crippen LogP contribution in [-0.4, -0.2) is 26.8 Å². The number of sulfone groups is 1. The van der Waals surface area contributed by atoms with Gasteiger partial charge in [-0.05, 0) is 30.9 Å². The van der Waals surface area contributed by atoms with Gasteiger partial charge >= 0.3 is 0 Å². The van der Waals surface area contributed by atoms with Gasteiger partial charge in [0.05, 0.1) is 16.3 Å². The van der Waals surface area contributed by atoms with Crippen LogP contribution < -0.4 is 11.1 Å². The monoisotopic (exact) mass is 282 g/mol. The highest BCUT2D eigenvalue weighted by Gasteiger charge is 2.24. The summed E-state index contributed by atoms with van der Waals surface area (Å²) in [5, 5.41) is 3.27. The first-order valence-electron chi connectivity index (χ1n) is 6.86. The number of anilines is 1. The summed E-state index contributed by atoms with van der Waals surface area (Å²) in [7, 11) is -3.18. The van der Waals surface area contributed by atoms with E-state index in [9.17, 15) is 8.42 Å². The fourth-order valence-corrected chi connectivity index (χ4v) is 3.67. The summed E-state index contributed by atoms with van der Waals surface area (Å²) in [6.07, 6.45) is 3.36. The van der Waals surface area contributed by atoms with Crippen molar-refractivity contribution >= 4 is 15.5 Å². The van der Waals surface area contributed by atoms with E-state index in [4.69, 9.17) is 5.73 Å². The zero-order valence-corrected chi connectivity index (χ0v) is 12.1. The molecular formula is C14H22N2O2S. The average Bonchev–Trinajstić information content (AvgIpc) is 2.82. The molecule has 0 amide bonds. The Balaban J connectivity index is 2.12. The minimum atomic E-state index is -3.18. The molecule has 1 aliphatic carbocycles.